The van der Waals surface area contributed by atoms with Crippen molar-refractivity contribution < 1.29 is 5.11 Å². The molecule has 16 heavy (non-hydrogen) atoms. The number of aliphatic hydroxyl groups excluding tert-OH is 1. The van der Waals surface area contributed by atoms with Crippen LogP contribution in [0.2, 0.25) is 10.0 Å². The Morgan fingerprint density at radius 1 is 1.31 bits per heavy atom. The Hall–Kier alpha value is -0.280. The van der Waals surface area contributed by atoms with Gasteiger partial charge in [-0.1, -0.05) is 29.3 Å². The van der Waals surface area contributed by atoms with Gasteiger partial charge in [-0.05, 0) is 44.0 Å². The molecular formula is C12H17Cl2NO. The fourth-order valence-corrected chi connectivity index (χ4v) is 2.08. The Balaban J connectivity index is 2.52. The van der Waals surface area contributed by atoms with Crippen LogP contribution >= 0.6 is 23.2 Å². The van der Waals surface area contributed by atoms with E-state index in [9.17, 15) is 0 Å². The number of halogens is 2. The summed E-state index contributed by atoms with van der Waals surface area (Å²) in [5, 5.41) is 13.4. The zero-order valence-electron chi connectivity index (χ0n) is 9.34. The van der Waals surface area contributed by atoms with Crippen molar-refractivity contribution in [2.75, 3.05) is 13.2 Å². The van der Waals surface area contributed by atoms with Gasteiger partial charge >= 0.3 is 0 Å². The molecule has 0 aliphatic rings. The third-order valence-corrected chi connectivity index (χ3v) is 3.11. The molecule has 0 aliphatic carbocycles. The number of hydrogen-bond donors (Lipinski definition) is 2. The molecule has 1 unspecified atom stereocenters. The van der Waals surface area contributed by atoms with Gasteiger partial charge in [0.15, 0.2) is 0 Å². The number of benzene rings is 1. The smallest absolute Gasteiger partial charge is 0.0453 e. The first-order valence-corrected chi connectivity index (χ1v) is 6.18. The van der Waals surface area contributed by atoms with Gasteiger partial charge in [0, 0.05) is 22.7 Å². The zero-order valence-corrected chi connectivity index (χ0v) is 10.9. The molecule has 1 aromatic rings. The Morgan fingerprint density at radius 3 is 2.50 bits per heavy atom. The van der Waals surface area contributed by atoms with Crippen molar-refractivity contribution in [2.24, 2.45) is 0 Å². The van der Waals surface area contributed by atoms with Crippen LogP contribution in [0.25, 0.3) is 0 Å². The van der Waals surface area contributed by atoms with Gasteiger partial charge in [0.1, 0.15) is 0 Å². The van der Waals surface area contributed by atoms with Crippen molar-refractivity contribution in [1.29, 1.82) is 0 Å². The van der Waals surface area contributed by atoms with Crippen LogP contribution in [-0.4, -0.2) is 24.3 Å². The molecule has 1 atom stereocenters. The first-order valence-electron chi connectivity index (χ1n) is 5.42. The van der Waals surface area contributed by atoms with Crippen molar-refractivity contribution in [3.8, 4) is 0 Å². The minimum Gasteiger partial charge on any atom is -0.396 e. The molecule has 2 N–H and O–H groups in total. The molecule has 0 radical (unpaired) electrons. The second-order valence-corrected chi connectivity index (χ2v) is 4.65. The third kappa shape index (κ3) is 4.30. The van der Waals surface area contributed by atoms with Crippen LogP contribution in [-0.2, 0) is 6.42 Å². The van der Waals surface area contributed by atoms with E-state index in [0.29, 0.717) is 16.1 Å². The molecule has 0 aromatic heterocycles. The maximum atomic E-state index is 8.67. The third-order valence-electron chi connectivity index (χ3n) is 2.40. The highest BCUT2D eigenvalue weighted by atomic mass is 35.5. The Bertz CT molecular complexity index is 311. The summed E-state index contributed by atoms with van der Waals surface area (Å²) in [6, 6.07) is 5.84. The van der Waals surface area contributed by atoms with Crippen LogP contribution in [0, 0.1) is 0 Å². The van der Waals surface area contributed by atoms with Gasteiger partial charge in [-0.15, -0.1) is 0 Å². The first-order chi connectivity index (χ1) is 7.65. The summed E-state index contributed by atoms with van der Waals surface area (Å²) in [4.78, 5) is 0. The Labute approximate surface area is 107 Å². The summed E-state index contributed by atoms with van der Waals surface area (Å²) in [6.07, 6.45) is 1.56. The van der Waals surface area contributed by atoms with E-state index in [1.165, 1.54) is 0 Å². The van der Waals surface area contributed by atoms with E-state index in [1.54, 1.807) is 0 Å². The SMILES string of the molecule is CC(Cc1c(Cl)cccc1Cl)NCCCO. The second kappa shape index (κ2) is 7.13. The van der Waals surface area contributed by atoms with E-state index in [-0.39, 0.29) is 6.61 Å². The van der Waals surface area contributed by atoms with Crippen molar-refractivity contribution >= 4 is 23.2 Å². The molecule has 0 spiro atoms. The summed E-state index contributed by atoms with van der Waals surface area (Å²) in [5.74, 6) is 0. The summed E-state index contributed by atoms with van der Waals surface area (Å²) in [7, 11) is 0. The molecule has 0 aliphatic heterocycles. The molecule has 4 heteroatoms. The van der Waals surface area contributed by atoms with Gasteiger partial charge in [-0.25, -0.2) is 0 Å². The molecule has 0 heterocycles. The Morgan fingerprint density at radius 2 is 1.94 bits per heavy atom. The molecule has 0 fully saturated rings. The standard InChI is InChI=1S/C12H17Cl2NO/c1-9(15-6-3-7-16)8-10-11(13)4-2-5-12(10)14/h2,4-5,9,15-16H,3,6-8H2,1H3. The fourth-order valence-electron chi connectivity index (χ4n) is 1.53. The minimum absolute atomic E-state index is 0.215. The largest absolute Gasteiger partial charge is 0.396 e. The highest BCUT2D eigenvalue weighted by molar-refractivity contribution is 6.35. The second-order valence-electron chi connectivity index (χ2n) is 3.84. The van der Waals surface area contributed by atoms with E-state index in [4.69, 9.17) is 28.3 Å². The number of rotatable bonds is 6. The lowest BCUT2D eigenvalue weighted by atomic mass is 10.1. The maximum absolute atomic E-state index is 8.67. The fraction of sp³-hybridized carbons (Fsp3) is 0.500. The van der Waals surface area contributed by atoms with Crippen molar-refractivity contribution in [1.82, 2.24) is 5.32 Å². The van der Waals surface area contributed by atoms with E-state index in [2.05, 4.69) is 12.2 Å². The summed E-state index contributed by atoms with van der Waals surface area (Å²) in [6.45, 7) is 3.10. The number of nitrogens with one attached hydrogen (secondary N) is 1. The lowest BCUT2D eigenvalue weighted by Crippen LogP contribution is -2.29. The van der Waals surface area contributed by atoms with Crippen LogP contribution in [0.3, 0.4) is 0 Å². The van der Waals surface area contributed by atoms with Crippen LogP contribution in [0.4, 0.5) is 0 Å². The predicted molar refractivity (Wildman–Crippen MR) is 69.3 cm³/mol. The van der Waals surface area contributed by atoms with Crippen molar-refractivity contribution in [3.05, 3.63) is 33.8 Å². The van der Waals surface area contributed by atoms with Gasteiger partial charge < -0.3 is 10.4 Å². The van der Waals surface area contributed by atoms with Gasteiger partial charge in [0.05, 0.1) is 0 Å². The highest BCUT2D eigenvalue weighted by Gasteiger charge is 2.09. The Kier molecular flexibility index (Phi) is 6.14. The molecule has 1 rings (SSSR count). The van der Waals surface area contributed by atoms with E-state index in [0.717, 1.165) is 24.9 Å². The zero-order chi connectivity index (χ0) is 12.0. The normalized spacial score (nSPS) is 12.8. The molecule has 0 amide bonds. The van der Waals surface area contributed by atoms with Crippen LogP contribution in [0.5, 0.6) is 0 Å². The van der Waals surface area contributed by atoms with E-state index in [1.807, 2.05) is 18.2 Å². The molecule has 2 nitrogen and oxygen atoms in total. The number of aliphatic hydroxyl groups is 1. The topological polar surface area (TPSA) is 32.3 Å². The predicted octanol–water partition coefficient (Wildman–Crippen LogP) is 2.90. The molecule has 0 saturated heterocycles. The van der Waals surface area contributed by atoms with Crippen molar-refractivity contribution in [2.45, 2.75) is 25.8 Å². The number of hydrogen-bond acceptors (Lipinski definition) is 2. The summed E-state index contributed by atoms with van der Waals surface area (Å²) >= 11 is 12.2. The monoisotopic (exact) mass is 261 g/mol. The summed E-state index contributed by atoms with van der Waals surface area (Å²) in [5.41, 5.74) is 0.981. The summed E-state index contributed by atoms with van der Waals surface area (Å²) < 4.78 is 0. The molecule has 1 aromatic carbocycles. The van der Waals surface area contributed by atoms with Crippen LogP contribution in [0.1, 0.15) is 18.9 Å². The highest BCUT2D eigenvalue weighted by Crippen LogP contribution is 2.25. The van der Waals surface area contributed by atoms with Crippen molar-refractivity contribution in [3.63, 3.8) is 0 Å². The van der Waals surface area contributed by atoms with Gasteiger partial charge in [-0.3, -0.25) is 0 Å². The molecule has 0 saturated carbocycles. The van der Waals surface area contributed by atoms with Crippen LogP contribution in [0.15, 0.2) is 18.2 Å². The molecule has 90 valence electrons. The lowest BCUT2D eigenvalue weighted by Gasteiger charge is -2.15. The molecular weight excluding hydrogens is 245 g/mol. The average molecular weight is 262 g/mol. The minimum atomic E-state index is 0.215. The maximum Gasteiger partial charge on any atom is 0.0453 e. The lowest BCUT2D eigenvalue weighted by molar-refractivity contribution is 0.283. The van der Waals surface area contributed by atoms with Gasteiger partial charge in [-0.2, -0.15) is 0 Å². The van der Waals surface area contributed by atoms with E-state index >= 15 is 0 Å². The van der Waals surface area contributed by atoms with Gasteiger partial charge in [0.2, 0.25) is 0 Å². The first kappa shape index (κ1) is 13.8. The van der Waals surface area contributed by atoms with Crippen LogP contribution < -0.4 is 5.32 Å². The average Bonchev–Trinajstić information content (AvgIpc) is 2.24. The van der Waals surface area contributed by atoms with Gasteiger partial charge in [0.25, 0.3) is 0 Å². The molecule has 0 bridgehead atoms. The quantitative estimate of drug-likeness (QED) is 0.772. The van der Waals surface area contributed by atoms with E-state index < -0.39 is 0 Å².